The molecule has 3 aliphatic rings. The molecule has 1 aromatic rings. The molecule has 0 radical (unpaired) electrons. The van der Waals surface area contributed by atoms with Gasteiger partial charge in [-0.1, -0.05) is 12.2 Å². The lowest BCUT2D eigenvalue weighted by Crippen LogP contribution is -2.35. The van der Waals surface area contributed by atoms with Crippen molar-refractivity contribution in [1.29, 1.82) is 5.26 Å². The summed E-state index contributed by atoms with van der Waals surface area (Å²) < 4.78 is 71.4. The first-order chi connectivity index (χ1) is 11.2. The maximum absolute atomic E-state index is 13.1. The third-order valence-corrected chi connectivity index (χ3v) is 7.00. The van der Waals surface area contributed by atoms with Crippen molar-refractivity contribution in [1.82, 2.24) is 0 Å². The molecule has 2 fully saturated rings. The Balaban J connectivity index is 1.77. The molecule has 2 bridgehead atoms. The Morgan fingerprint density at radius 2 is 1.96 bits per heavy atom. The Morgan fingerprint density at radius 1 is 1.25 bits per heavy atom. The van der Waals surface area contributed by atoms with Gasteiger partial charge in [0.1, 0.15) is 5.25 Å². The highest BCUT2D eigenvalue weighted by molar-refractivity contribution is 7.93. The maximum Gasteiger partial charge on any atom is 0.417 e. The molecule has 24 heavy (non-hydrogen) atoms. The van der Waals surface area contributed by atoms with Gasteiger partial charge in [-0.15, -0.1) is 0 Å². The number of alkyl halides is 3. The highest BCUT2D eigenvalue weighted by Crippen LogP contribution is 2.46. The molecule has 1 aromatic carbocycles. The Kier molecular flexibility index (Phi) is 3.06. The van der Waals surface area contributed by atoms with Crippen LogP contribution in [0.2, 0.25) is 0 Å². The van der Waals surface area contributed by atoms with Crippen LogP contribution in [0.4, 0.5) is 18.9 Å². The van der Waals surface area contributed by atoms with Gasteiger partial charge < -0.3 is 4.74 Å². The van der Waals surface area contributed by atoms with E-state index < -0.39 is 38.7 Å². The fraction of sp³-hybridized carbons (Fsp3) is 0.400. The molecule has 0 amide bonds. The molecule has 4 atom stereocenters. The van der Waals surface area contributed by atoms with Gasteiger partial charge in [-0.25, -0.2) is 8.42 Å². The van der Waals surface area contributed by atoms with E-state index in [1.54, 1.807) is 12.2 Å². The maximum atomic E-state index is 13.1. The summed E-state index contributed by atoms with van der Waals surface area (Å²) in [7, 11) is -3.82. The Morgan fingerprint density at radius 3 is 2.58 bits per heavy atom. The van der Waals surface area contributed by atoms with Crippen LogP contribution in [-0.4, -0.2) is 32.4 Å². The van der Waals surface area contributed by atoms with E-state index in [1.165, 1.54) is 12.1 Å². The average Bonchev–Trinajstić information content (AvgIpc) is 3.18. The SMILES string of the molecule is N#Cc1ccc(N2CC3C([C@@H]4C=C[C@H]3O4)S2(=O)=O)cc1C(F)(F)F. The molecule has 9 heteroatoms. The highest BCUT2D eigenvalue weighted by atomic mass is 32.2. The number of sulfonamides is 1. The molecule has 0 aromatic heterocycles. The van der Waals surface area contributed by atoms with Crippen LogP contribution in [0.3, 0.4) is 0 Å². The fourth-order valence-electron chi connectivity index (χ4n) is 3.66. The molecule has 3 heterocycles. The summed E-state index contributed by atoms with van der Waals surface area (Å²) in [6.07, 6.45) is -2.11. The standard InChI is InChI=1S/C15H11F3N2O3S/c16-15(17,18)11-5-9(2-1-8(11)6-19)20-7-10-12-3-4-13(23-12)14(10)24(20,21)22/h1-5,10,12-14H,7H2/t10?,12-,13+,14?/m1/s1. The fourth-order valence-corrected chi connectivity index (χ4v) is 5.92. The Labute approximate surface area is 136 Å². The van der Waals surface area contributed by atoms with Crippen LogP contribution in [0.5, 0.6) is 0 Å². The minimum absolute atomic E-state index is 0.0711. The minimum Gasteiger partial charge on any atom is -0.365 e. The van der Waals surface area contributed by atoms with Gasteiger partial charge in [-0.3, -0.25) is 4.31 Å². The molecular formula is C15H11F3N2O3S. The van der Waals surface area contributed by atoms with Gasteiger partial charge in [-0.05, 0) is 18.2 Å². The topological polar surface area (TPSA) is 70.4 Å². The second-order valence-electron chi connectivity index (χ2n) is 5.99. The van der Waals surface area contributed by atoms with Crippen molar-refractivity contribution in [2.75, 3.05) is 10.8 Å². The van der Waals surface area contributed by atoms with E-state index in [9.17, 15) is 21.6 Å². The number of nitrogens with zero attached hydrogens (tertiary/aromatic N) is 2. The van der Waals surface area contributed by atoms with E-state index in [1.807, 2.05) is 0 Å². The minimum atomic E-state index is -4.73. The summed E-state index contributed by atoms with van der Waals surface area (Å²) in [5.41, 5.74) is -1.74. The number of benzene rings is 1. The predicted octanol–water partition coefficient (Wildman–Crippen LogP) is 2.05. The van der Waals surface area contributed by atoms with Crippen LogP contribution >= 0.6 is 0 Å². The monoisotopic (exact) mass is 356 g/mol. The molecule has 3 aliphatic heterocycles. The predicted molar refractivity (Wildman–Crippen MR) is 77.5 cm³/mol. The van der Waals surface area contributed by atoms with Gasteiger partial charge in [0.25, 0.3) is 0 Å². The molecule has 2 unspecified atom stereocenters. The molecule has 0 saturated carbocycles. The number of nitriles is 1. The molecule has 5 nitrogen and oxygen atoms in total. The molecule has 0 N–H and O–H groups in total. The van der Waals surface area contributed by atoms with Crippen LogP contribution in [0, 0.1) is 17.2 Å². The second-order valence-corrected chi connectivity index (χ2v) is 8.01. The highest BCUT2D eigenvalue weighted by Gasteiger charge is 2.59. The van der Waals surface area contributed by atoms with Gasteiger partial charge in [0, 0.05) is 12.5 Å². The van der Waals surface area contributed by atoms with E-state index in [2.05, 4.69) is 0 Å². The number of hydrogen-bond acceptors (Lipinski definition) is 4. The van der Waals surface area contributed by atoms with Crippen LogP contribution in [0.25, 0.3) is 0 Å². The summed E-state index contributed by atoms with van der Waals surface area (Å²) in [5, 5.41) is 8.08. The van der Waals surface area contributed by atoms with Crippen LogP contribution in [0.15, 0.2) is 30.4 Å². The van der Waals surface area contributed by atoms with E-state index in [4.69, 9.17) is 10.00 Å². The van der Waals surface area contributed by atoms with Crippen molar-refractivity contribution in [3.8, 4) is 6.07 Å². The zero-order valence-electron chi connectivity index (χ0n) is 12.1. The van der Waals surface area contributed by atoms with Crippen molar-refractivity contribution in [3.63, 3.8) is 0 Å². The average molecular weight is 356 g/mol. The van der Waals surface area contributed by atoms with Crippen LogP contribution < -0.4 is 4.31 Å². The van der Waals surface area contributed by atoms with Crippen molar-refractivity contribution >= 4 is 15.7 Å². The zero-order chi connectivity index (χ0) is 17.3. The first-order valence-corrected chi connectivity index (χ1v) is 8.70. The third-order valence-electron chi connectivity index (χ3n) is 4.72. The summed E-state index contributed by atoms with van der Waals surface area (Å²) in [6, 6.07) is 4.46. The number of rotatable bonds is 1. The van der Waals surface area contributed by atoms with Crippen LogP contribution in [0.1, 0.15) is 11.1 Å². The molecule has 4 rings (SSSR count). The zero-order valence-corrected chi connectivity index (χ0v) is 12.9. The van der Waals surface area contributed by atoms with Gasteiger partial charge in [0.2, 0.25) is 10.0 Å². The smallest absolute Gasteiger partial charge is 0.365 e. The van der Waals surface area contributed by atoms with E-state index >= 15 is 0 Å². The lowest BCUT2D eigenvalue weighted by molar-refractivity contribution is -0.137. The first kappa shape index (κ1) is 15.5. The number of ether oxygens (including phenoxy) is 1. The van der Waals surface area contributed by atoms with Gasteiger partial charge in [0.05, 0.1) is 35.1 Å². The Hall–Kier alpha value is -2.05. The van der Waals surface area contributed by atoms with Gasteiger partial charge >= 0.3 is 6.18 Å². The number of hydrogen-bond donors (Lipinski definition) is 0. The second kappa shape index (κ2) is 4.74. The van der Waals surface area contributed by atoms with Crippen molar-refractivity contribution in [2.24, 2.45) is 5.92 Å². The van der Waals surface area contributed by atoms with Crippen molar-refractivity contribution in [2.45, 2.75) is 23.6 Å². The molecule has 126 valence electrons. The molecule has 0 spiro atoms. The summed E-state index contributed by atoms with van der Waals surface area (Å²) in [6.45, 7) is 0.0711. The lowest BCUT2D eigenvalue weighted by atomic mass is 9.94. The van der Waals surface area contributed by atoms with Gasteiger partial charge in [-0.2, -0.15) is 18.4 Å². The number of halogens is 3. The van der Waals surface area contributed by atoms with Gasteiger partial charge in [0.15, 0.2) is 0 Å². The normalized spacial score (nSPS) is 32.8. The van der Waals surface area contributed by atoms with E-state index in [0.29, 0.717) is 0 Å². The Bertz CT molecular complexity index is 888. The number of anilines is 1. The molecule has 0 aliphatic carbocycles. The first-order valence-electron chi connectivity index (χ1n) is 7.20. The van der Waals surface area contributed by atoms with Crippen LogP contribution in [-0.2, 0) is 20.9 Å². The van der Waals surface area contributed by atoms with E-state index in [-0.39, 0.29) is 24.3 Å². The number of fused-ring (bicyclic) bond motifs is 5. The van der Waals surface area contributed by atoms with E-state index in [0.717, 1.165) is 16.4 Å². The third kappa shape index (κ3) is 1.99. The summed E-state index contributed by atoms with van der Waals surface area (Å²) in [4.78, 5) is 0. The largest absolute Gasteiger partial charge is 0.417 e. The van der Waals surface area contributed by atoms with Crippen molar-refractivity contribution in [3.05, 3.63) is 41.5 Å². The molecule has 2 saturated heterocycles. The molecular weight excluding hydrogens is 345 g/mol. The quantitative estimate of drug-likeness (QED) is 0.722. The lowest BCUT2D eigenvalue weighted by Gasteiger charge is -2.22. The summed E-state index contributed by atoms with van der Waals surface area (Å²) in [5.74, 6) is -0.296. The summed E-state index contributed by atoms with van der Waals surface area (Å²) >= 11 is 0. The van der Waals surface area contributed by atoms with Crippen molar-refractivity contribution < 1.29 is 26.3 Å².